The third-order valence-electron chi connectivity index (χ3n) is 4.91. The van der Waals surface area contributed by atoms with Crippen molar-refractivity contribution in [3.05, 3.63) is 89.0 Å². The Kier molecular flexibility index (Phi) is 6.11. The molecule has 7 heteroatoms. The molecule has 0 aliphatic rings. The first-order valence-corrected chi connectivity index (χ1v) is 9.41. The number of aryl methyl sites for hydroxylation is 1. The largest absolute Gasteiger partial charge is 0.368 e. The second-order valence-corrected chi connectivity index (χ2v) is 6.97. The van der Waals surface area contributed by atoms with Gasteiger partial charge in [0.25, 0.3) is 0 Å². The fraction of sp³-hybridized carbons (Fsp3) is 0.174. The van der Waals surface area contributed by atoms with Crippen molar-refractivity contribution < 1.29 is 14.0 Å². The number of benzene rings is 2. The minimum Gasteiger partial charge on any atom is -0.368 e. The lowest BCUT2D eigenvalue weighted by atomic mass is 10.0. The van der Waals surface area contributed by atoms with Gasteiger partial charge in [0.2, 0.25) is 11.8 Å². The van der Waals surface area contributed by atoms with E-state index in [0.717, 1.165) is 22.6 Å². The Balaban J connectivity index is 1.86. The summed E-state index contributed by atoms with van der Waals surface area (Å²) < 4.78 is 15.4. The number of carbonyl (C=O) groups is 2. The van der Waals surface area contributed by atoms with E-state index in [9.17, 15) is 14.0 Å². The highest BCUT2D eigenvalue weighted by atomic mass is 19.1. The number of rotatable bonds is 6. The van der Waals surface area contributed by atoms with Crippen LogP contribution in [0.3, 0.4) is 0 Å². The van der Waals surface area contributed by atoms with Gasteiger partial charge >= 0.3 is 0 Å². The Morgan fingerprint density at radius 1 is 1.13 bits per heavy atom. The molecular formula is C23H23FN4O2. The molecule has 2 N–H and O–H groups in total. The highest BCUT2D eigenvalue weighted by molar-refractivity contribution is 5.95. The number of aromatic nitrogens is 2. The maximum Gasteiger partial charge on any atom is 0.247 e. The van der Waals surface area contributed by atoms with Crippen molar-refractivity contribution >= 4 is 17.9 Å². The van der Waals surface area contributed by atoms with Gasteiger partial charge in [0.05, 0.1) is 11.4 Å². The molecular weight excluding hydrogens is 383 g/mol. The predicted octanol–water partition coefficient (Wildman–Crippen LogP) is 3.33. The Labute approximate surface area is 174 Å². The average Bonchev–Trinajstić information content (AvgIpc) is 3.00. The first-order chi connectivity index (χ1) is 14.3. The van der Waals surface area contributed by atoms with Crippen LogP contribution in [0.1, 0.15) is 28.6 Å². The number of nitrogens with zero attached hydrogens (tertiary/aromatic N) is 3. The van der Waals surface area contributed by atoms with Gasteiger partial charge in [-0.05, 0) is 49.8 Å². The number of likely N-dealkylation sites (N-methyl/N-ethyl adjacent to an activating group) is 1. The average molecular weight is 406 g/mol. The summed E-state index contributed by atoms with van der Waals surface area (Å²) in [6, 6.07) is 14.1. The fourth-order valence-electron chi connectivity index (χ4n) is 3.37. The van der Waals surface area contributed by atoms with Crippen molar-refractivity contribution in [2.24, 2.45) is 5.73 Å². The number of primary amides is 1. The van der Waals surface area contributed by atoms with Gasteiger partial charge in [-0.2, -0.15) is 5.10 Å². The molecule has 3 rings (SSSR count). The molecule has 0 saturated carbocycles. The highest BCUT2D eigenvalue weighted by Gasteiger charge is 2.26. The molecule has 0 saturated heterocycles. The predicted molar refractivity (Wildman–Crippen MR) is 113 cm³/mol. The van der Waals surface area contributed by atoms with Gasteiger partial charge in [-0.1, -0.05) is 30.3 Å². The lowest BCUT2D eigenvalue weighted by Crippen LogP contribution is -2.38. The van der Waals surface area contributed by atoms with Crippen molar-refractivity contribution in [1.29, 1.82) is 0 Å². The van der Waals surface area contributed by atoms with E-state index in [1.807, 2.05) is 48.9 Å². The van der Waals surface area contributed by atoms with Crippen LogP contribution in [-0.4, -0.2) is 33.5 Å². The number of hydrogen-bond donors (Lipinski definition) is 1. The van der Waals surface area contributed by atoms with Gasteiger partial charge in [0, 0.05) is 24.4 Å². The van der Waals surface area contributed by atoms with Crippen molar-refractivity contribution in [2.75, 3.05) is 7.05 Å². The van der Waals surface area contributed by atoms with Crippen LogP contribution in [0.25, 0.3) is 11.8 Å². The zero-order valence-electron chi connectivity index (χ0n) is 17.0. The molecule has 1 unspecified atom stereocenters. The van der Waals surface area contributed by atoms with E-state index < -0.39 is 23.7 Å². The van der Waals surface area contributed by atoms with Gasteiger partial charge in [0.1, 0.15) is 11.9 Å². The third kappa shape index (κ3) is 4.30. The van der Waals surface area contributed by atoms with Crippen LogP contribution >= 0.6 is 0 Å². The van der Waals surface area contributed by atoms with Crippen molar-refractivity contribution in [2.45, 2.75) is 19.9 Å². The SMILES string of the molecule is Cc1nn(-c2ccccc2)c(C)c1/C=C/C(=O)N(C)C(C(N)=O)c1cccc(F)c1. The molecule has 0 aliphatic heterocycles. The van der Waals surface area contributed by atoms with Crippen LogP contribution in [0.2, 0.25) is 0 Å². The van der Waals surface area contributed by atoms with Crippen LogP contribution in [0.15, 0.2) is 60.7 Å². The van der Waals surface area contributed by atoms with E-state index in [-0.39, 0.29) is 0 Å². The first kappa shape index (κ1) is 21.0. The quantitative estimate of drug-likeness (QED) is 0.638. The normalized spacial score (nSPS) is 12.1. The Hall–Kier alpha value is -3.74. The zero-order valence-corrected chi connectivity index (χ0v) is 17.0. The van der Waals surface area contributed by atoms with Crippen LogP contribution in [0.4, 0.5) is 4.39 Å². The van der Waals surface area contributed by atoms with Crippen LogP contribution in [-0.2, 0) is 9.59 Å². The summed E-state index contributed by atoms with van der Waals surface area (Å²) in [7, 11) is 1.46. The topological polar surface area (TPSA) is 81.2 Å². The summed E-state index contributed by atoms with van der Waals surface area (Å²) >= 11 is 0. The highest BCUT2D eigenvalue weighted by Crippen LogP contribution is 2.22. The number of carbonyl (C=O) groups excluding carboxylic acids is 2. The molecule has 0 fully saturated rings. The summed E-state index contributed by atoms with van der Waals surface area (Å²) in [5.74, 6) is -1.68. The monoisotopic (exact) mass is 406 g/mol. The number of halogens is 1. The summed E-state index contributed by atoms with van der Waals surface area (Å²) in [6.07, 6.45) is 3.03. The lowest BCUT2D eigenvalue weighted by Gasteiger charge is -2.25. The number of hydrogen-bond acceptors (Lipinski definition) is 3. The van der Waals surface area contributed by atoms with Crippen molar-refractivity contribution in [3.63, 3.8) is 0 Å². The van der Waals surface area contributed by atoms with Crippen LogP contribution < -0.4 is 5.73 Å². The molecule has 3 aromatic rings. The fourth-order valence-corrected chi connectivity index (χ4v) is 3.37. The lowest BCUT2D eigenvalue weighted by molar-refractivity contribution is -0.134. The van der Waals surface area contributed by atoms with Gasteiger partial charge in [-0.25, -0.2) is 9.07 Å². The maximum absolute atomic E-state index is 13.6. The van der Waals surface area contributed by atoms with E-state index >= 15 is 0 Å². The van der Waals surface area contributed by atoms with E-state index in [4.69, 9.17) is 5.73 Å². The molecule has 1 heterocycles. The molecule has 2 amide bonds. The van der Waals surface area contributed by atoms with Crippen molar-refractivity contribution in [1.82, 2.24) is 14.7 Å². The van der Waals surface area contributed by atoms with E-state index in [0.29, 0.717) is 5.56 Å². The molecule has 0 aliphatic carbocycles. The minimum atomic E-state index is -1.08. The Bertz CT molecular complexity index is 1110. The number of nitrogens with two attached hydrogens (primary N) is 1. The van der Waals surface area contributed by atoms with E-state index in [2.05, 4.69) is 5.10 Å². The minimum absolute atomic E-state index is 0.316. The summed E-state index contributed by atoms with van der Waals surface area (Å²) in [5.41, 5.74) is 9.17. The second kappa shape index (κ2) is 8.73. The molecule has 0 bridgehead atoms. The van der Waals surface area contributed by atoms with Crippen LogP contribution in [0, 0.1) is 19.7 Å². The maximum atomic E-state index is 13.6. The summed E-state index contributed by atoms with van der Waals surface area (Å²) in [6.45, 7) is 3.78. The molecule has 0 spiro atoms. The molecule has 1 atom stereocenters. The van der Waals surface area contributed by atoms with E-state index in [1.165, 1.54) is 36.2 Å². The van der Waals surface area contributed by atoms with Gasteiger partial charge in [-0.15, -0.1) is 0 Å². The Morgan fingerprint density at radius 3 is 2.47 bits per heavy atom. The first-order valence-electron chi connectivity index (χ1n) is 9.41. The molecule has 6 nitrogen and oxygen atoms in total. The molecule has 30 heavy (non-hydrogen) atoms. The summed E-state index contributed by atoms with van der Waals surface area (Å²) in [4.78, 5) is 25.9. The zero-order chi connectivity index (χ0) is 21.8. The second-order valence-electron chi connectivity index (χ2n) is 6.97. The van der Waals surface area contributed by atoms with Crippen molar-refractivity contribution in [3.8, 4) is 5.69 Å². The number of para-hydroxylation sites is 1. The molecule has 1 aromatic heterocycles. The third-order valence-corrected chi connectivity index (χ3v) is 4.91. The van der Waals surface area contributed by atoms with E-state index in [1.54, 1.807) is 12.1 Å². The van der Waals surface area contributed by atoms with Crippen LogP contribution in [0.5, 0.6) is 0 Å². The van der Waals surface area contributed by atoms with Gasteiger partial charge < -0.3 is 10.6 Å². The number of amides is 2. The molecule has 154 valence electrons. The Morgan fingerprint density at radius 2 is 1.83 bits per heavy atom. The summed E-state index contributed by atoms with van der Waals surface area (Å²) in [5, 5.41) is 4.55. The molecule has 0 radical (unpaired) electrons. The van der Waals surface area contributed by atoms with Gasteiger partial charge in [-0.3, -0.25) is 9.59 Å². The molecule has 2 aromatic carbocycles. The standard InChI is InChI=1S/C23H23FN4O2/c1-15-20(16(2)28(26-15)19-10-5-4-6-11-19)12-13-21(29)27(3)22(23(25)30)17-8-7-9-18(24)14-17/h4-14,22H,1-3H3,(H2,25,30)/b13-12+. The van der Waals surface area contributed by atoms with Gasteiger partial charge in [0.15, 0.2) is 0 Å². The smallest absolute Gasteiger partial charge is 0.247 e.